The first-order valence-corrected chi connectivity index (χ1v) is 10.8. The highest BCUT2D eigenvalue weighted by molar-refractivity contribution is 6.32. The Morgan fingerprint density at radius 3 is 2.73 bits per heavy atom. The summed E-state index contributed by atoms with van der Waals surface area (Å²) in [6.07, 6.45) is 1.68. The van der Waals surface area contributed by atoms with Crippen LogP contribution in [0.5, 0.6) is 11.5 Å². The zero-order chi connectivity index (χ0) is 22.1. The van der Waals surface area contributed by atoms with Crippen molar-refractivity contribution in [2.75, 3.05) is 11.9 Å². The molecule has 3 rings (SSSR count). The van der Waals surface area contributed by atoms with Crippen LogP contribution in [0.3, 0.4) is 0 Å². The van der Waals surface area contributed by atoms with Gasteiger partial charge in [-0.25, -0.2) is 4.39 Å². The summed E-state index contributed by atoms with van der Waals surface area (Å²) in [4.78, 5) is 11.2. The van der Waals surface area contributed by atoms with Gasteiger partial charge < -0.3 is 15.8 Å². The fourth-order valence-corrected chi connectivity index (χ4v) is 4.40. The molecule has 30 heavy (non-hydrogen) atoms. The maximum atomic E-state index is 15.5. The van der Waals surface area contributed by atoms with Crippen LogP contribution in [0.4, 0.5) is 10.1 Å². The minimum Gasteiger partial charge on any atom is -0.453 e. The van der Waals surface area contributed by atoms with Crippen LogP contribution < -0.4 is 15.8 Å². The molecule has 0 aromatic heterocycles. The fraction of sp³-hybridized carbons (Fsp3) is 0.458. The first-order valence-electron chi connectivity index (χ1n) is 10.4. The molecule has 162 valence electrons. The third kappa shape index (κ3) is 4.72. The topological polar surface area (TPSA) is 64.4 Å². The molecule has 3 N–H and O–H groups in total. The van der Waals surface area contributed by atoms with Crippen LogP contribution in [-0.4, -0.2) is 12.5 Å². The van der Waals surface area contributed by atoms with Gasteiger partial charge in [0.05, 0.1) is 5.02 Å². The second kappa shape index (κ2) is 8.84. The first-order chi connectivity index (χ1) is 14.1. The van der Waals surface area contributed by atoms with E-state index in [1.165, 1.54) is 0 Å². The molecular weight excluding hydrogens is 403 g/mol. The number of carbonyl (C=O) groups excluding carboxylic acids is 1. The third-order valence-electron chi connectivity index (χ3n) is 5.91. The van der Waals surface area contributed by atoms with Gasteiger partial charge >= 0.3 is 0 Å². The minimum absolute atomic E-state index is 0.0250. The Labute approximate surface area is 182 Å². The van der Waals surface area contributed by atoms with E-state index in [4.69, 9.17) is 22.1 Å². The Balaban J connectivity index is 1.89. The molecule has 4 nitrogen and oxygen atoms in total. The number of anilines is 1. The van der Waals surface area contributed by atoms with Crippen LogP contribution >= 0.6 is 11.6 Å². The second-order valence-electron chi connectivity index (χ2n) is 8.94. The molecule has 0 saturated heterocycles. The number of benzene rings is 2. The zero-order valence-corrected chi connectivity index (χ0v) is 18.8. The number of amides is 1. The van der Waals surface area contributed by atoms with Gasteiger partial charge in [0.25, 0.3) is 0 Å². The van der Waals surface area contributed by atoms with Gasteiger partial charge in [-0.2, -0.15) is 0 Å². The lowest BCUT2D eigenvalue weighted by Gasteiger charge is -2.22. The van der Waals surface area contributed by atoms with Gasteiger partial charge in [0, 0.05) is 24.1 Å². The number of rotatable bonds is 8. The lowest BCUT2D eigenvalue weighted by Crippen LogP contribution is -2.18. The molecule has 2 aromatic rings. The predicted molar refractivity (Wildman–Crippen MR) is 120 cm³/mol. The van der Waals surface area contributed by atoms with Crippen molar-refractivity contribution in [3.8, 4) is 11.5 Å². The molecule has 2 aromatic carbocycles. The molecule has 0 bridgehead atoms. The highest BCUT2D eigenvalue weighted by Gasteiger charge is 2.30. The zero-order valence-electron chi connectivity index (χ0n) is 18.0. The number of primary amides is 1. The van der Waals surface area contributed by atoms with Gasteiger partial charge in [-0.15, -0.1) is 0 Å². The number of fused-ring (bicyclic) bond motifs is 1. The fourth-order valence-electron chi connectivity index (χ4n) is 4.21. The summed E-state index contributed by atoms with van der Waals surface area (Å²) in [7, 11) is 0. The summed E-state index contributed by atoms with van der Waals surface area (Å²) in [5, 5.41) is 3.61. The Bertz CT molecular complexity index is 945. The number of nitrogens with two attached hydrogens (primary N) is 1. The molecule has 0 saturated carbocycles. The van der Waals surface area contributed by atoms with E-state index in [0.29, 0.717) is 17.7 Å². The molecule has 1 amide bonds. The molecule has 0 fully saturated rings. The summed E-state index contributed by atoms with van der Waals surface area (Å²) in [5.41, 5.74) is 8.05. The summed E-state index contributed by atoms with van der Waals surface area (Å²) in [6, 6.07) is 9.11. The van der Waals surface area contributed by atoms with Crippen molar-refractivity contribution in [2.45, 2.75) is 58.3 Å². The number of carbonyl (C=O) groups is 1. The van der Waals surface area contributed by atoms with Gasteiger partial charge in [0.2, 0.25) is 5.91 Å². The second-order valence-corrected chi connectivity index (χ2v) is 9.35. The van der Waals surface area contributed by atoms with Gasteiger partial charge in [0.15, 0.2) is 11.6 Å². The largest absolute Gasteiger partial charge is 0.453 e. The van der Waals surface area contributed by atoms with Crippen molar-refractivity contribution in [3.63, 3.8) is 0 Å². The van der Waals surface area contributed by atoms with Crippen molar-refractivity contribution in [1.29, 1.82) is 0 Å². The van der Waals surface area contributed by atoms with Crippen molar-refractivity contribution < 1.29 is 13.9 Å². The smallest absolute Gasteiger partial charge is 0.217 e. The van der Waals surface area contributed by atoms with Crippen LogP contribution in [0.25, 0.3) is 0 Å². The molecule has 2 atom stereocenters. The molecule has 6 heteroatoms. The Morgan fingerprint density at radius 1 is 1.33 bits per heavy atom. The number of ether oxygens (including phenoxy) is 1. The molecule has 1 heterocycles. The third-order valence-corrected chi connectivity index (χ3v) is 6.21. The van der Waals surface area contributed by atoms with Crippen molar-refractivity contribution >= 4 is 23.2 Å². The van der Waals surface area contributed by atoms with Crippen LogP contribution in [-0.2, 0) is 10.2 Å². The SMILES string of the molecule is CC[C@@H](C[C@H](C)CC(N)=O)c1ccc(Cl)c(Oc2ccc3c(c2)C(C)(C)CN3)c1F. The van der Waals surface area contributed by atoms with Gasteiger partial charge in [-0.1, -0.05) is 45.4 Å². The summed E-state index contributed by atoms with van der Waals surface area (Å²) in [5.74, 6) is -0.177. The van der Waals surface area contributed by atoms with E-state index in [1.54, 1.807) is 12.1 Å². The average Bonchev–Trinajstić information content (AvgIpc) is 2.97. The first kappa shape index (κ1) is 22.4. The number of hydrogen-bond donors (Lipinski definition) is 2. The van der Waals surface area contributed by atoms with Crippen LogP contribution in [0, 0.1) is 11.7 Å². The highest BCUT2D eigenvalue weighted by Crippen LogP contribution is 2.42. The number of halogens is 2. The molecule has 0 radical (unpaired) electrons. The Morgan fingerprint density at radius 2 is 2.07 bits per heavy atom. The van der Waals surface area contributed by atoms with Gasteiger partial charge in [0.1, 0.15) is 5.75 Å². The van der Waals surface area contributed by atoms with Crippen molar-refractivity contribution in [1.82, 2.24) is 0 Å². The van der Waals surface area contributed by atoms with Crippen LogP contribution in [0.1, 0.15) is 64.0 Å². The van der Waals surface area contributed by atoms with Crippen molar-refractivity contribution in [3.05, 3.63) is 52.3 Å². The molecule has 1 aliphatic heterocycles. The lowest BCUT2D eigenvalue weighted by atomic mass is 9.86. The van der Waals surface area contributed by atoms with E-state index in [0.717, 1.165) is 24.2 Å². The Hall–Kier alpha value is -2.27. The van der Waals surface area contributed by atoms with E-state index in [9.17, 15) is 4.79 Å². The Kier molecular flexibility index (Phi) is 6.61. The molecule has 0 spiro atoms. The van der Waals surface area contributed by atoms with Gasteiger partial charge in [-0.3, -0.25) is 4.79 Å². The quantitative estimate of drug-likeness (QED) is 0.509. The molecule has 0 aliphatic carbocycles. The minimum atomic E-state index is -0.446. The standard InChI is InChI=1S/C24H30ClFN2O2/c1-5-15(10-14(2)11-21(27)29)17-7-8-19(25)23(22(17)26)30-16-6-9-20-18(12-16)24(3,4)13-28-20/h6-9,12,14-15,28H,5,10-11,13H2,1-4H3,(H2,27,29)/t14-,15-/m0/s1. The van der Waals surface area contributed by atoms with E-state index < -0.39 is 5.82 Å². The van der Waals surface area contributed by atoms with Crippen LogP contribution in [0.2, 0.25) is 5.02 Å². The maximum absolute atomic E-state index is 15.5. The predicted octanol–water partition coefficient (Wildman–Crippen LogP) is 6.37. The molecule has 1 aliphatic rings. The number of nitrogens with one attached hydrogen (secondary N) is 1. The highest BCUT2D eigenvalue weighted by atomic mass is 35.5. The molecule has 0 unspecified atom stereocenters. The van der Waals surface area contributed by atoms with E-state index in [1.807, 2.05) is 32.0 Å². The van der Waals surface area contributed by atoms with Crippen molar-refractivity contribution in [2.24, 2.45) is 11.7 Å². The maximum Gasteiger partial charge on any atom is 0.217 e. The van der Waals surface area contributed by atoms with Crippen LogP contribution in [0.15, 0.2) is 30.3 Å². The summed E-state index contributed by atoms with van der Waals surface area (Å²) >= 11 is 6.31. The van der Waals surface area contributed by atoms with E-state index in [-0.39, 0.29) is 40.4 Å². The van der Waals surface area contributed by atoms with E-state index >= 15 is 4.39 Å². The number of hydrogen-bond acceptors (Lipinski definition) is 3. The summed E-state index contributed by atoms with van der Waals surface area (Å²) < 4.78 is 21.4. The van der Waals surface area contributed by atoms with E-state index in [2.05, 4.69) is 19.2 Å². The normalized spacial score (nSPS) is 16.5. The lowest BCUT2D eigenvalue weighted by molar-refractivity contribution is -0.118. The summed E-state index contributed by atoms with van der Waals surface area (Å²) in [6.45, 7) is 9.12. The van der Waals surface area contributed by atoms with Gasteiger partial charge in [-0.05, 0) is 60.1 Å². The average molecular weight is 433 g/mol. The monoisotopic (exact) mass is 432 g/mol. The molecular formula is C24H30ClFN2O2.